The van der Waals surface area contributed by atoms with Crippen molar-refractivity contribution in [3.05, 3.63) is 11.6 Å². The molecule has 1 aromatic rings. The van der Waals surface area contributed by atoms with Crippen molar-refractivity contribution in [3.8, 4) is 0 Å². The molecule has 14 heavy (non-hydrogen) atoms. The Hall–Kier alpha value is -0.900. The normalized spacial score (nSPS) is 17.9. The second-order valence-corrected chi connectivity index (χ2v) is 4.05. The Morgan fingerprint density at radius 2 is 2.07 bits per heavy atom. The molecule has 78 valence electrons. The van der Waals surface area contributed by atoms with Gasteiger partial charge in [-0.15, -0.1) is 10.2 Å². The predicted molar refractivity (Wildman–Crippen MR) is 55.0 cm³/mol. The first-order valence-electron chi connectivity index (χ1n) is 5.41. The summed E-state index contributed by atoms with van der Waals surface area (Å²) in [6.45, 7) is 0.649. The van der Waals surface area contributed by atoms with Crippen molar-refractivity contribution in [2.45, 2.75) is 38.0 Å². The van der Waals surface area contributed by atoms with Crippen LogP contribution in [0.2, 0.25) is 0 Å². The average molecular weight is 194 g/mol. The second kappa shape index (κ2) is 4.09. The van der Waals surface area contributed by atoms with E-state index in [1.807, 2.05) is 0 Å². The lowest BCUT2D eigenvalue weighted by molar-refractivity contribution is 0.621. The molecule has 0 aliphatic heterocycles. The van der Waals surface area contributed by atoms with Gasteiger partial charge in [-0.1, -0.05) is 12.8 Å². The van der Waals surface area contributed by atoms with E-state index in [2.05, 4.69) is 21.8 Å². The topological polar surface area (TPSA) is 56.7 Å². The van der Waals surface area contributed by atoms with E-state index in [1.54, 1.807) is 0 Å². The Balaban J connectivity index is 2.17. The highest BCUT2D eigenvalue weighted by Crippen LogP contribution is 2.32. The molecule has 0 bridgehead atoms. The fourth-order valence-corrected chi connectivity index (χ4v) is 2.26. The van der Waals surface area contributed by atoms with Crippen molar-refractivity contribution in [3.63, 3.8) is 0 Å². The van der Waals surface area contributed by atoms with Crippen LogP contribution in [0.4, 0.5) is 0 Å². The van der Waals surface area contributed by atoms with Crippen molar-refractivity contribution in [1.29, 1.82) is 0 Å². The average Bonchev–Trinajstić information content (AvgIpc) is 2.77. The van der Waals surface area contributed by atoms with Crippen molar-refractivity contribution in [2.75, 3.05) is 6.54 Å². The van der Waals surface area contributed by atoms with E-state index in [0.29, 0.717) is 12.5 Å². The van der Waals surface area contributed by atoms with E-state index in [-0.39, 0.29) is 0 Å². The summed E-state index contributed by atoms with van der Waals surface area (Å²) in [6, 6.07) is 0. The number of hydrogen-bond donors (Lipinski definition) is 1. The van der Waals surface area contributed by atoms with Crippen LogP contribution in [0, 0.1) is 0 Å². The Labute approximate surface area is 84.5 Å². The summed E-state index contributed by atoms with van der Waals surface area (Å²) >= 11 is 0. The molecule has 0 amide bonds. The SMILES string of the molecule is Cn1c(CCN)nnc1C1CCCC1. The third kappa shape index (κ3) is 1.66. The van der Waals surface area contributed by atoms with Crippen LogP contribution in [-0.2, 0) is 13.5 Å². The van der Waals surface area contributed by atoms with Crippen LogP contribution in [0.1, 0.15) is 43.3 Å². The summed E-state index contributed by atoms with van der Waals surface area (Å²) in [6.07, 6.45) is 6.05. The minimum Gasteiger partial charge on any atom is -0.330 e. The van der Waals surface area contributed by atoms with Gasteiger partial charge in [0.05, 0.1) is 0 Å². The zero-order chi connectivity index (χ0) is 9.97. The van der Waals surface area contributed by atoms with E-state index in [1.165, 1.54) is 25.7 Å². The molecule has 0 atom stereocenters. The smallest absolute Gasteiger partial charge is 0.135 e. The number of nitrogens with two attached hydrogens (primary N) is 1. The van der Waals surface area contributed by atoms with Crippen LogP contribution in [0.3, 0.4) is 0 Å². The minimum atomic E-state index is 0.638. The zero-order valence-corrected chi connectivity index (χ0v) is 8.74. The van der Waals surface area contributed by atoms with Gasteiger partial charge in [0.1, 0.15) is 11.6 Å². The highest BCUT2D eigenvalue weighted by atomic mass is 15.3. The quantitative estimate of drug-likeness (QED) is 0.780. The number of nitrogens with zero attached hydrogens (tertiary/aromatic N) is 3. The summed E-state index contributed by atoms with van der Waals surface area (Å²) in [4.78, 5) is 0. The fraction of sp³-hybridized carbons (Fsp3) is 0.800. The van der Waals surface area contributed by atoms with Crippen LogP contribution in [0.15, 0.2) is 0 Å². The van der Waals surface area contributed by atoms with E-state index >= 15 is 0 Å². The highest BCUT2D eigenvalue weighted by molar-refractivity contribution is 5.03. The minimum absolute atomic E-state index is 0.638. The summed E-state index contributed by atoms with van der Waals surface area (Å²) in [5, 5.41) is 8.46. The Morgan fingerprint density at radius 1 is 1.36 bits per heavy atom. The first kappa shape index (κ1) is 9.65. The Kier molecular flexibility index (Phi) is 2.82. The molecular weight excluding hydrogens is 176 g/mol. The maximum absolute atomic E-state index is 5.51. The van der Waals surface area contributed by atoms with Gasteiger partial charge in [0, 0.05) is 19.4 Å². The molecule has 1 saturated carbocycles. The second-order valence-electron chi connectivity index (χ2n) is 4.05. The van der Waals surface area contributed by atoms with Crippen molar-refractivity contribution < 1.29 is 0 Å². The van der Waals surface area contributed by atoms with Gasteiger partial charge in [-0.3, -0.25) is 0 Å². The van der Waals surface area contributed by atoms with Gasteiger partial charge in [0.2, 0.25) is 0 Å². The lowest BCUT2D eigenvalue weighted by Crippen LogP contribution is -2.10. The Morgan fingerprint density at radius 3 is 2.71 bits per heavy atom. The summed E-state index contributed by atoms with van der Waals surface area (Å²) in [7, 11) is 2.05. The molecule has 1 fully saturated rings. The predicted octanol–water partition coefficient (Wildman–Crippen LogP) is 0.974. The lowest BCUT2D eigenvalue weighted by atomic mass is 10.1. The molecule has 1 aliphatic carbocycles. The molecule has 1 heterocycles. The molecule has 2 N–H and O–H groups in total. The molecule has 4 heteroatoms. The summed E-state index contributed by atoms with van der Waals surface area (Å²) in [5.74, 6) is 2.82. The van der Waals surface area contributed by atoms with Crippen LogP contribution < -0.4 is 5.73 Å². The monoisotopic (exact) mass is 194 g/mol. The molecule has 2 rings (SSSR count). The third-order valence-electron chi connectivity index (χ3n) is 3.09. The van der Waals surface area contributed by atoms with Crippen molar-refractivity contribution >= 4 is 0 Å². The molecule has 1 aromatic heterocycles. The van der Waals surface area contributed by atoms with Gasteiger partial charge in [-0.05, 0) is 19.4 Å². The van der Waals surface area contributed by atoms with Crippen LogP contribution in [-0.4, -0.2) is 21.3 Å². The van der Waals surface area contributed by atoms with Gasteiger partial charge in [0.25, 0.3) is 0 Å². The lowest BCUT2D eigenvalue weighted by Gasteiger charge is -2.08. The van der Waals surface area contributed by atoms with E-state index < -0.39 is 0 Å². The van der Waals surface area contributed by atoms with E-state index in [9.17, 15) is 0 Å². The maximum Gasteiger partial charge on any atom is 0.135 e. The molecule has 1 aliphatic rings. The van der Waals surface area contributed by atoms with Gasteiger partial charge < -0.3 is 10.3 Å². The number of hydrogen-bond acceptors (Lipinski definition) is 3. The van der Waals surface area contributed by atoms with Crippen LogP contribution >= 0.6 is 0 Å². The number of rotatable bonds is 3. The largest absolute Gasteiger partial charge is 0.330 e. The van der Waals surface area contributed by atoms with Gasteiger partial charge in [-0.2, -0.15) is 0 Å². The molecular formula is C10H18N4. The van der Waals surface area contributed by atoms with Crippen LogP contribution in [0.5, 0.6) is 0 Å². The molecule has 4 nitrogen and oxygen atoms in total. The van der Waals surface area contributed by atoms with Gasteiger partial charge in [0.15, 0.2) is 0 Å². The van der Waals surface area contributed by atoms with Crippen molar-refractivity contribution in [1.82, 2.24) is 14.8 Å². The standard InChI is InChI=1S/C10H18N4/c1-14-9(6-7-11)12-13-10(14)8-4-2-3-5-8/h8H,2-7,11H2,1H3. The first-order valence-corrected chi connectivity index (χ1v) is 5.41. The first-order chi connectivity index (χ1) is 6.83. The summed E-state index contributed by atoms with van der Waals surface area (Å²) < 4.78 is 2.13. The highest BCUT2D eigenvalue weighted by Gasteiger charge is 2.22. The van der Waals surface area contributed by atoms with Crippen molar-refractivity contribution in [2.24, 2.45) is 12.8 Å². The molecule has 0 radical (unpaired) electrons. The maximum atomic E-state index is 5.51. The molecule has 0 spiro atoms. The fourth-order valence-electron chi connectivity index (χ4n) is 2.26. The molecule has 0 aromatic carbocycles. The molecule has 0 unspecified atom stereocenters. The van der Waals surface area contributed by atoms with E-state index in [0.717, 1.165) is 18.1 Å². The molecule has 0 saturated heterocycles. The van der Waals surface area contributed by atoms with Gasteiger partial charge in [-0.25, -0.2) is 0 Å². The zero-order valence-electron chi connectivity index (χ0n) is 8.74. The summed E-state index contributed by atoms with van der Waals surface area (Å²) in [5.41, 5.74) is 5.51. The Bertz CT molecular complexity index is 299. The number of aromatic nitrogens is 3. The third-order valence-corrected chi connectivity index (χ3v) is 3.09. The van der Waals surface area contributed by atoms with E-state index in [4.69, 9.17) is 5.73 Å². The van der Waals surface area contributed by atoms with Crippen LogP contribution in [0.25, 0.3) is 0 Å². The van der Waals surface area contributed by atoms with Gasteiger partial charge >= 0.3 is 0 Å².